The Morgan fingerprint density at radius 2 is 1.51 bits per heavy atom. The van der Waals surface area contributed by atoms with E-state index < -0.39 is 0 Å². The van der Waals surface area contributed by atoms with E-state index in [2.05, 4.69) is 76.5 Å². The molecule has 0 bridgehead atoms. The monoisotopic (exact) mass is 561 g/mol. The first-order valence-corrected chi connectivity index (χ1v) is 16.1. The number of imidazole rings is 1. The number of rotatable bonds is 17. The van der Waals surface area contributed by atoms with Crippen LogP contribution in [0.4, 0.5) is 5.82 Å². The summed E-state index contributed by atoms with van der Waals surface area (Å²) < 4.78 is 7.90. The number of pyridine rings is 1. The van der Waals surface area contributed by atoms with Gasteiger partial charge in [0.1, 0.15) is 22.9 Å². The Morgan fingerprint density at radius 1 is 0.878 bits per heavy atom. The van der Waals surface area contributed by atoms with Gasteiger partial charge in [-0.15, -0.1) is 0 Å². The highest BCUT2D eigenvalue weighted by Gasteiger charge is 2.28. The Hall–Kier alpha value is -2.82. The van der Waals surface area contributed by atoms with E-state index in [9.17, 15) is 4.79 Å². The van der Waals surface area contributed by atoms with Crippen molar-refractivity contribution in [1.82, 2.24) is 9.38 Å². The molecule has 0 saturated heterocycles. The van der Waals surface area contributed by atoms with Crippen molar-refractivity contribution in [2.45, 2.75) is 137 Å². The van der Waals surface area contributed by atoms with Crippen molar-refractivity contribution in [3.63, 3.8) is 0 Å². The molecule has 5 nitrogen and oxygen atoms in total. The summed E-state index contributed by atoms with van der Waals surface area (Å²) in [5.74, 6) is 1.37. The molecule has 0 aliphatic heterocycles. The normalized spacial score (nSPS) is 12.2. The zero-order chi connectivity index (χ0) is 29.9. The van der Waals surface area contributed by atoms with Crippen molar-refractivity contribution in [1.29, 1.82) is 0 Å². The zero-order valence-corrected chi connectivity index (χ0v) is 26.9. The molecular formula is C36H55N3O2. The number of benzene rings is 1. The van der Waals surface area contributed by atoms with Gasteiger partial charge in [0.15, 0.2) is 0 Å². The largest absolute Gasteiger partial charge is 0.427 e. The molecular weight excluding hydrogens is 506 g/mol. The zero-order valence-electron chi connectivity index (χ0n) is 26.9. The minimum Gasteiger partial charge on any atom is -0.427 e. The van der Waals surface area contributed by atoms with Gasteiger partial charge in [-0.2, -0.15) is 0 Å². The third-order valence-corrected chi connectivity index (χ3v) is 7.53. The molecule has 3 rings (SSSR count). The molecule has 0 atom stereocenters. The lowest BCUT2D eigenvalue weighted by Crippen LogP contribution is -2.36. The van der Waals surface area contributed by atoms with Crippen LogP contribution >= 0.6 is 0 Å². The predicted octanol–water partition coefficient (Wildman–Crippen LogP) is 10.5. The molecule has 1 N–H and O–H groups in total. The summed E-state index contributed by atoms with van der Waals surface area (Å²) in [4.78, 5) is 17.6. The first kappa shape index (κ1) is 32.7. The van der Waals surface area contributed by atoms with Crippen molar-refractivity contribution < 1.29 is 9.53 Å². The molecule has 0 saturated carbocycles. The first-order chi connectivity index (χ1) is 19.5. The number of carbonyl (C=O) groups is 1. The van der Waals surface area contributed by atoms with Crippen molar-refractivity contribution >= 4 is 17.4 Å². The highest BCUT2D eigenvalue weighted by molar-refractivity contribution is 5.79. The van der Waals surface area contributed by atoms with Gasteiger partial charge in [-0.1, -0.05) is 104 Å². The van der Waals surface area contributed by atoms with E-state index in [0.29, 0.717) is 12.2 Å². The Labute approximate surface area is 249 Å². The van der Waals surface area contributed by atoms with Gasteiger partial charge in [-0.3, -0.25) is 9.20 Å². The topological polar surface area (TPSA) is 55.6 Å². The maximum atomic E-state index is 12.6. The number of hydrogen-bond acceptors (Lipinski definition) is 4. The number of nitrogens with one attached hydrogen (secondary N) is 1. The van der Waals surface area contributed by atoms with Crippen LogP contribution in [-0.2, 0) is 4.79 Å². The fourth-order valence-corrected chi connectivity index (χ4v) is 5.98. The fourth-order valence-electron chi connectivity index (χ4n) is 5.98. The Morgan fingerprint density at radius 3 is 2.15 bits per heavy atom. The molecule has 0 fully saturated rings. The molecule has 0 aliphatic rings. The third kappa shape index (κ3) is 11.2. The van der Waals surface area contributed by atoms with E-state index in [4.69, 9.17) is 9.72 Å². The van der Waals surface area contributed by atoms with Crippen molar-refractivity contribution in [3.8, 4) is 17.0 Å². The second-order valence-electron chi connectivity index (χ2n) is 13.8. The van der Waals surface area contributed by atoms with Gasteiger partial charge in [0.25, 0.3) is 0 Å². The van der Waals surface area contributed by atoms with Gasteiger partial charge in [0.05, 0.1) is 0 Å². The van der Waals surface area contributed by atoms with Crippen LogP contribution in [0.15, 0.2) is 42.6 Å². The Bertz CT molecular complexity index is 1240. The molecule has 1 aromatic carbocycles. The Balaban J connectivity index is 1.60. The van der Waals surface area contributed by atoms with Gasteiger partial charge in [0, 0.05) is 23.7 Å². The van der Waals surface area contributed by atoms with E-state index in [-0.39, 0.29) is 16.9 Å². The predicted molar refractivity (Wildman–Crippen MR) is 174 cm³/mol. The molecule has 2 heterocycles. The van der Waals surface area contributed by atoms with E-state index in [1.807, 2.05) is 24.3 Å². The summed E-state index contributed by atoms with van der Waals surface area (Å²) in [7, 11) is 0. The summed E-state index contributed by atoms with van der Waals surface area (Å²) in [5.41, 5.74) is 3.89. The molecule has 0 spiro atoms. The molecule has 226 valence electrons. The third-order valence-electron chi connectivity index (χ3n) is 7.53. The van der Waals surface area contributed by atoms with Crippen molar-refractivity contribution in [2.75, 3.05) is 5.32 Å². The summed E-state index contributed by atoms with van der Waals surface area (Å²) in [6.45, 7) is 15.6. The lowest BCUT2D eigenvalue weighted by atomic mass is 9.82. The van der Waals surface area contributed by atoms with E-state index in [0.717, 1.165) is 42.0 Å². The highest BCUT2D eigenvalue weighted by atomic mass is 16.5. The SMILES string of the molecule is CCCCCCCCCCCCCC(=O)Oc1cccc(-c2nc3cc(C)ccn3c2NC(C)(C)CC(C)(C)C)c1. The van der Waals surface area contributed by atoms with Gasteiger partial charge >= 0.3 is 5.97 Å². The fraction of sp³-hybridized carbons (Fsp3) is 0.611. The molecule has 3 aromatic rings. The minimum atomic E-state index is -0.159. The summed E-state index contributed by atoms with van der Waals surface area (Å²) in [5, 5.41) is 3.80. The van der Waals surface area contributed by atoms with Gasteiger partial charge in [-0.25, -0.2) is 4.98 Å². The number of esters is 1. The molecule has 41 heavy (non-hydrogen) atoms. The average molecular weight is 562 g/mol. The van der Waals surface area contributed by atoms with Crippen molar-refractivity contribution in [2.24, 2.45) is 5.41 Å². The van der Waals surface area contributed by atoms with Crippen LogP contribution in [0.5, 0.6) is 5.75 Å². The summed E-state index contributed by atoms with van der Waals surface area (Å²) >= 11 is 0. The number of unbranched alkanes of at least 4 members (excludes halogenated alkanes) is 10. The smallest absolute Gasteiger partial charge is 0.311 e. The first-order valence-electron chi connectivity index (χ1n) is 16.1. The van der Waals surface area contributed by atoms with Crippen molar-refractivity contribution in [3.05, 3.63) is 48.2 Å². The van der Waals surface area contributed by atoms with Crippen LogP contribution in [0.3, 0.4) is 0 Å². The second-order valence-corrected chi connectivity index (χ2v) is 13.8. The quantitative estimate of drug-likeness (QED) is 0.101. The molecule has 5 heteroatoms. The van der Waals surface area contributed by atoms with Crippen LogP contribution < -0.4 is 10.1 Å². The van der Waals surface area contributed by atoms with Gasteiger partial charge < -0.3 is 10.1 Å². The summed E-state index contributed by atoms with van der Waals surface area (Å²) in [6, 6.07) is 12.0. The highest BCUT2D eigenvalue weighted by Crippen LogP contribution is 2.36. The standard InChI is InChI=1S/C36H55N3O2/c1-8-9-10-11-12-13-14-15-16-17-18-22-32(40)41-30-21-19-20-29(26-30)33-34(38-36(6,7)27-35(3,4)5)39-24-23-28(2)25-31(39)37-33/h19-21,23-26,38H,8-18,22,27H2,1-7H3. The minimum absolute atomic E-state index is 0.146. The van der Waals surface area contributed by atoms with E-state index in [1.54, 1.807) is 0 Å². The second kappa shape index (κ2) is 15.4. The molecule has 2 aromatic heterocycles. The maximum absolute atomic E-state index is 12.6. The lowest BCUT2D eigenvalue weighted by molar-refractivity contribution is -0.134. The number of aryl methyl sites for hydroxylation is 1. The average Bonchev–Trinajstić information content (AvgIpc) is 3.22. The van der Waals surface area contributed by atoms with Crippen LogP contribution in [0, 0.1) is 12.3 Å². The maximum Gasteiger partial charge on any atom is 0.311 e. The van der Waals surface area contributed by atoms with Crippen LogP contribution in [-0.4, -0.2) is 20.9 Å². The lowest BCUT2D eigenvalue weighted by Gasteiger charge is -2.34. The van der Waals surface area contributed by atoms with Crippen LogP contribution in [0.2, 0.25) is 0 Å². The number of ether oxygens (including phenoxy) is 1. The van der Waals surface area contributed by atoms with Gasteiger partial charge in [0.2, 0.25) is 0 Å². The van der Waals surface area contributed by atoms with E-state index >= 15 is 0 Å². The number of nitrogens with zero attached hydrogens (tertiary/aromatic N) is 2. The van der Waals surface area contributed by atoms with Crippen LogP contribution in [0.25, 0.3) is 16.9 Å². The molecule has 0 amide bonds. The number of anilines is 1. The number of hydrogen-bond donors (Lipinski definition) is 1. The van der Waals surface area contributed by atoms with E-state index in [1.165, 1.54) is 63.4 Å². The molecule has 0 unspecified atom stereocenters. The summed E-state index contributed by atoms with van der Waals surface area (Å²) in [6.07, 6.45) is 17.5. The number of aromatic nitrogens is 2. The Kier molecular flexibility index (Phi) is 12.3. The molecule has 0 radical (unpaired) electrons. The van der Waals surface area contributed by atoms with Gasteiger partial charge in [-0.05, 0) is 68.9 Å². The number of fused-ring (bicyclic) bond motifs is 1. The van der Waals surface area contributed by atoms with Crippen LogP contribution in [0.1, 0.15) is 131 Å². The number of carbonyl (C=O) groups excluding carboxylic acids is 1. The molecule has 0 aliphatic carbocycles.